The van der Waals surface area contributed by atoms with Crippen LogP contribution in [0.25, 0.3) is 11.3 Å². The number of aromatic nitrogens is 2. The molecule has 0 unspecified atom stereocenters. The van der Waals surface area contributed by atoms with E-state index in [2.05, 4.69) is 20.4 Å². The predicted octanol–water partition coefficient (Wildman–Crippen LogP) is 4.47. The van der Waals surface area contributed by atoms with Crippen LogP contribution in [0.15, 0.2) is 60.7 Å². The molecule has 7 heteroatoms. The fourth-order valence-electron chi connectivity index (χ4n) is 3.58. The van der Waals surface area contributed by atoms with E-state index in [1.807, 2.05) is 36.4 Å². The summed E-state index contributed by atoms with van der Waals surface area (Å²) in [6.45, 7) is 1.92. The molecule has 30 heavy (non-hydrogen) atoms. The molecule has 0 bridgehead atoms. The van der Waals surface area contributed by atoms with Gasteiger partial charge in [0, 0.05) is 36.1 Å². The van der Waals surface area contributed by atoms with Gasteiger partial charge >= 0.3 is 0 Å². The van der Waals surface area contributed by atoms with Crippen molar-refractivity contribution in [1.82, 2.24) is 15.5 Å². The van der Waals surface area contributed by atoms with Crippen molar-refractivity contribution in [3.05, 3.63) is 77.1 Å². The maximum atomic E-state index is 13.0. The van der Waals surface area contributed by atoms with Crippen LogP contribution in [-0.4, -0.2) is 29.2 Å². The molecule has 1 N–H and O–H groups in total. The lowest BCUT2D eigenvalue weighted by atomic mass is 9.96. The number of nitrogens with one attached hydrogen (secondary N) is 1. The van der Waals surface area contributed by atoms with Crippen LogP contribution in [0.4, 0.5) is 10.2 Å². The van der Waals surface area contributed by atoms with Crippen LogP contribution in [0.2, 0.25) is 5.02 Å². The third kappa shape index (κ3) is 4.94. The summed E-state index contributed by atoms with van der Waals surface area (Å²) in [6, 6.07) is 17.6. The Hall–Kier alpha value is -2.99. The minimum absolute atomic E-state index is 0.0250. The topological polar surface area (TPSA) is 58.1 Å². The largest absolute Gasteiger partial charge is 0.355 e. The third-order valence-corrected chi connectivity index (χ3v) is 5.61. The summed E-state index contributed by atoms with van der Waals surface area (Å²) in [5.74, 6) is 0.561. The minimum Gasteiger partial charge on any atom is -0.355 e. The van der Waals surface area contributed by atoms with E-state index in [0.29, 0.717) is 11.6 Å². The maximum Gasteiger partial charge on any atom is 0.223 e. The lowest BCUT2D eigenvalue weighted by Crippen LogP contribution is -2.40. The number of nitrogens with zero attached hydrogens (tertiary/aromatic N) is 3. The van der Waals surface area contributed by atoms with E-state index in [4.69, 9.17) is 11.6 Å². The summed E-state index contributed by atoms with van der Waals surface area (Å²) >= 11 is 5.93. The molecular formula is C23H22ClFN4O. The zero-order chi connectivity index (χ0) is 20.9. The molecule has 2 aromatic carbocycles. The minimum atomic E-state index is -0.276. The van der Waals surface area contributed by atoms with E-state index in [1.165, 1.54) is 12.1 Å². The van der Waals surface area contributed by atoms with Gasteiger partial charge in [0.25, 0.3) is 0 Å². The van der Waals surface area contributed by atoms with Gasteiger partial charge in [-0.2, -0.15) is 0 Å². The summed E-state index contributed by atoms with van der Waals surface area (Å²) in [7, 11) is 0. The van der Waals surface area contributed by atoms with Crippen molar-refractivity contribution >= 4 is 23.3 Å². The predicted molar refractivity (Wildman–Crippen MR) is 116 cm³/mol. The molecule has 154 valence electrons. The molecule has 1 aliphatic rings. The average Bonchev–Trinajstić information content (AvgIpc) is 2.79. The van der Waals surface area contributed by atoms with Crippen molar-refractivity contribution in [3.8, 4) is 11.3 Å². The van der Waals surface area contributed by atoms with Gasteiger partial charge in [0.2, 0.25) is 5.91 Å². The van der Waals surface area contributed by atoms with Gasteiger partial charge in [0.05, 0.1) is 5.69 Å². The molecule has 5 nitrogen and oxygen atoms in total. The van der Waals surface area contributed by atoms with Gasteiger partial charge in [-0.25, -0.2) is 4.39 Å². The molecule has 1 fully saturated rings. The first-order valence-corrected chi connectivity index (χ1v) is 10.3. The highest BCUT2D eigenvalue weighted by Crippen LogP contribution is 2.24. The van der Waals surface area contributed by atoms with E-state index >= 15 is 0 Å². The molecule has 4 rings (SSSR count). The molecule has 0 aliphatic carbocycles. The van der Waals surface area contributed by atoms with Gasteiger partial charge in [-0.05, 0) is 54.8 Å². The van der Waals surface area contributed by atoms with Crippen molar-refractivity contribution < 1.29 is 9.18 Å². The fourth-order valence-corrected chi connectivity index (χ4v) is 3.70. The Kier molecular flexibility index (Phi) is 6.23. The molecule has 0 atom stereocenters. The van der Waals surface area contributed by atoms with Gasteiger partial charge in [0.1, 0.15) is 5.82 Å². The molecule has 0 saturated carbocycles. The maximum absolute atomic E-state index is 13.0. The van der Waals surface area contributed by atoms with E-state index in [9.17, 15) is 9.18 Å². The number of hydrogen-bond acceptors (Lipinski definition) is 4. The second-order valence-electron chi connectivity index (χ2n) is 7.39. The van der Waals surface area contributed by atoms with E-state index in [-0.39, 0.29) is 17.6 Å². The molecular weight excluding hydrogens is 403 g/mol. The summed E-state index contributed by atoms with van der Waals surface area (Å²) in [6.07, 6.45) is 1.52. The van der Waals surface area contributed by atoms with Gasteiger partial charge < -0.3 is 10.2 Å². The number of halogens is 2. The Labute approximate surface area is 179 Å². The number of carbonyl (C=O) groups excluding carboxylic acids is 1. The zero-order valence-electron chi connectivity index (χ0n) is 16.4. The second-order valence-corrected chi connectivity index (χ2v) is 7.83. The quantitative estimate of drug-likeness (QED) is 0.656. The lowest BCUT2D eigenvalue weighted by molar-refractivity contribution is -0.125. The van der Waals surface area contributed by atoms with Crippen LogP contribution in [-0.2, 0) is 11.3 Å². The van der Waals surface area contributed by atoms with Crippen LogP contribution in [0, 0.1) is 11.7 Å². The Morgan fingerprint density at radius 2 is 1.70 bits per heavy atom. The van der Waals surface area contributed by atoms with Crippen molar-refractivity contribution in [2.45, 2.75) is 19.4 Å². The number of piperidine rings is 1. The SMILES string of the molecule is O=C(NCc1ccc(F)cc1)C1CCN(c2ccc(-c3ccc(Cl)cc3)nn2)CC1. The highest BCUT2D eigenvalue weighted by atomic mass is 35.5. The Morgan fingerprint density at radius 3 is 2.33 bits per heavy atom. The molecule has 1 aromatic heterocycles. The van der Waals surface area contributed by atoms with Gasteiger partial charge in [-0.1, -0.05) is 35.9 Å². The number of rotatable bonds is 5. The molecule has 0 radical (unpaired) electrons. The van der Waals surface area contributed by atoms with E-state index in [0.717, 1.165) is 48.6 Å². The van der Waals surface area contributed by atoms with Crippen molar-refractivity contribution in [1.29, 1.82) is 0 Å². The molecule has 1 saturated heterocycles. The summed E-state index contributed by atoms with van der Waals surface area (Å²) in [5, 5.41) is 12.3. The van der Waals surface area contributed by atoms with Crippen molar-refractivity contribution in [3.63, 3.8) is 0 Å². The lowest BCUT2D eigenvalue weighted by Gasteiger charge is -2.31. The second kappa shape index (κ2) is 9.22. The molecule has 2 heterocycles. The Morgan fingerprint density at radius 1 is 1.00 bits per heavy atom. The van der Waals surface area contributed by atoms with E-state index in [1.54, 1.807) is 12.1 Å². The monoisotopic (exact) mass is 424 g/mol. The first-order valence-electron chi connectivity index (χ1n) is 9.95. The fraction of sp³-hybridized carbons (Fsp3) is 0.261. The number of hydrogen-bond donors (Lipinski definition) is 1. The van der Waals surface area contributed by atoms with Crippen LogP contribution in [0.3, 0.4) is 0 Å². The Bertz CT molecular complexity index is 985. The summed E-state index contributed by atoms with van der Waals surface area (Å²) < 4.78 is 13.0. The molecule has 1 amide bonds. The third-order valence-electron chi connectivity index (χ3n) is 5.36. The first-order chi connectivity index (χ1) is 14.6. The standard InChI is InChI=1S/C23H22ClFN4O/c24-19-5-3-17(4-6-19)21-9-10-22(28-27-21)29-13-11-18(12-14-29)23(30)26-15-16-1-7-20(25)8-2-16/h1-10,18H,11-15H2,(H,26,30). The number of anilines is 1. The highest BCUT2D eigenvalue weighted by molar-refractivity contribution is 6.30. The van der Waals surface area contributed by atoms with Gasteiger partial charge in [-0.3, -0.25) is 4.79 Å². The molecule has 0 spiro atoms. The number of benzene rings is 2. The first kappa shape index (κ1) is 20.3. The highest BCUT2D eigenvalue weighted by Gasteiger charge is 2.25. The van der Waals surface area contributed by atoms with Gasteiger partial charge in [-0.15, -0.1) is 10.2 Å². The number of amides is 1. The smallest absolute Gasteiger partial charge is 0.223 e. The normalized spacial score (nSPS) is 14.5. The Balaban J connectivity index is 1.29. The zero-order valence-corrected chi connectivity index (χ0v) is 17.1. The van der Waals surface area contributed by atoms with Crippen LogP contribution in [0.1, 0.15) is 18.4 Å². The summed E-state index contributed by atoms with van der Waals surface area (Å²) in [5.41, 5.74) is 2.65. The van der Waals surface area contributed by atoms with Gasteiger partial charge in [0.15, 0.2) is 5.82 Å². The summed E-state index contributed by atoms with van der Waals surface area (Å²) in [4.78, 5) is 14.6. The average molecular weight is 425 g/mol. The van der Waals surface area contributed by atoms with Crippen LogP contribution in [0.5, 0.6) is 0 Å². The van der Waals surface area contributed by atoms with Crippen LogP contribution >= 0.6 is 11.6 Å². The van der Waals surface area contributed by atoms with E-state index < -0.39 is 0 Å². The van der Waals surface area contributed by atoms with Crippen LogP contribution < -0.4 is 10.2 Å². The number of carbonyl (C=O) groups is 1. The van der Waals surface area contributed by atoms with Crippen molar-refractivity contribution in [2.24, 2.45) is 5.92 Å². The van der Waals surface area contributed by atoms with Crippen molar-refractivity contribution in [2.75, 3.05) is 18.0 Å². The molecule has 1 aliphatic heterocycles. The molecule has 3 aromatic rings.